The van der Waals surface area contributed by atoms with E-state index in [0.717, 1.165) is 31.7 Å². The predicted molar refractivity (Wildman–Crippen MR) is 105 cm³/mol. The number of hydrogen-bond acceptors (Lipinski definition) is 4. The molecule has 0 aliphatic heterocycles. The van der Waals surface area contributed by atoms with Crippen molar-refractivity contribution in [2.45, 2.75) is 31.6 Å². The Labute approximate surface area is 150 Å². The minimum absolute atomic E-state index is 0.584. The Hall–Kier alpha value is -2.20. The van der Waals surface area contributed by atoms with Crippen molar-refractivity contribution >= 4 is 11.4 Å². The van der Waals surface area contributed by atoms with Gasteiger partial charge in [-0.2, -0.15) is 0 Å². The molecule has 1 aliphatic rings. The minimum Gasteiger partial charge on any atom is -0.496 e. The summed E-state index contributed by atoms with van der Waals surface area (Å²) in [6, 6.07) is 12.4. The zero-order valence-electron chi connectivity index (χ0n) is 15.3. The van der Waals surface area contributed by atoms with E-state index >= 15 is 0 Å². The maximum atomic E-state index is 5.91. The van der Waals surface area contributed by atoms with E-state index in [0.29, 0.717) is 17.3 Å². The van der Waals surface area contributed by atoms with Crippen LogP contribution in [0.15, 0.2) is 36.4 Å². The Kier molecular flexibility index (Phi) is 5.49. The summed E-state index contributed by atoms with van der Waals surface area (Å²) in [7, 11) is 3.97. The van der Waals surface area contributed by atoms with Crippen LogP contribution in [0.5, 0.6) is 5.75 Å². The molecule has 1 atom stereocenters. The van der Waals surface area contributed by atoms with Crippen molar-refractivity contribution in [2.24, 2.45) is 0 Å². The maximum absolute atomic E-state index is 5.91. The second-order valence-electron chi connectivity index (χ2n) is 7.09. The summed E-state index contributed by atoms with van der Waals surface area (Å²) in [4.78, 5) is 2.42. The Morgan fingerprint density at radius 1 is 1.16 bits per heavy atom. The maximum Gasteiger partial charge on any atom is 0.122 e. The van der Waals surface area contributed by atoms with Crippen molar-refractivity contribution in [2.75, 3.05) is 38.7 Å². The van der Waals surface area contributed by atoms with E-state index < -0.39 is 0 Å². The number of nitrogens with two attached hydrogens (primary N) is 2. The number of ether oxygens (including phenoxy) is 1. The first kappa shape index (κ1) is 17.6. The van der Waals surface area contributed by atoms with Crippen molar-refractivity contribution < 1.29 is 4.74 Å². The van der Waals surface area contributed by atoms with Crippen LogP contribution in [-0.2, 0) is 12.8 Å². The van der Waals surface area contributed by atoms with Gasteiger partial charge in [-0.15, -0.1) is 0 Å². The standard InChI is InChI=1S/C21H29N3O/c1-24(12-11-15-9-10-19(22)20(23)13-15)14-16-5-3-7-18-17(16)6-4-8-21(18)25-2/h4,6,8-10,13,16H,3,5,7,11-12,14,22-23H2,1-2H3/t16-/m0/s1. The Morgan fingerprint density at radius 3 is 2.76 bits per heavy atom. The van der Waals surface area contributed by atoms with Gasteiger partial charge in [0.05, 0.1) is 18.5 Å². The van der Waals surface area contributed by atoms with Crippen LogP contribution in [0, 0.1) is 0 Å². The SMILES string of the molecule is COc1cccc2c1CCC[C@H]2CN(C)CCc1ccc(N)c(N)c1. The van der Waals surface area contributed by atoms with Crippen molar-refractivity contribution in [3.63, 3.8) is 0 Å². The highest BCUT2D eigenvalue weighted by molar-refractivity contribution is 5.63. The highest BCUT2D eigenvalue weighted by Gasteiger charge is 2.23. The van der Waals surface area contributed by atoms with Crippen molar-refractivity contribution in [1.82, 2.24) is 4.90 Å². The molecule has 2 aromatic rings. The molecule has 0 amide bonds. The van der Waals surface area contributed by atoms with Crippen LogP contribution in [-0.4, -0.2) is 32.1 Å². The normalized spacial score (nSPS) is 16.7. The lowest BCUT2D eigenvalue weighted by Crippen LogP contribution is -2.28. The van der Waals surface area contributed by atoms with Crippen LogP contribution in [0.4, 0.5) is 11.4 Å². The summed E-state index contributed by atoms with van der Waals surface area (Å²) in [6.45, 7) is 2.09. The summed E-state index contributed by atoms with van der Waals surface area (Å²) in [6.07, 6.45) is 4.60. The summed E-state index contributed by atoms with van der Waals surface area (Å²) >= 11 is 0. The molecule has 0 bridgehead atoms. The molecule has 0 unspecified atom stereocenters. The first-order valence-corrected chi connectivity index (χ1v) is 9.06. The topological polar surface area (TPSA) is 64.5 Å². The molecular weight excluding hydrogens is 310 g/mol. The van der Waals surface area contributed by atoms with Crippen LogP contribution >= 0.6 is 0 Å². The lowest BCUT2D eigenvalue weighted by molar-refractivity contribution is 0.299. The fourth-order valence-electron chi connectivity index (χ4n) is 3.86. The van der Waals surface area contributed by atoms with Crippen LogP contribution in [0.3, 0.4) is 0 Å². The molecule has 0 radical (unpaired) electrons. The number of hydrogen-bond donors (Lipinski definition) is 2. The van der Waals surface area contributed by atoms with E-state index in [9.17, 15) is 0 Å². The first-order valence-electron chi connectivity index (χ1n) is 9.06. The summed E-state index contributed by atoms with van der Waals surface area (Å²) in [5, 5.41) is 0. The van der Waals surface area contributed by atoms with Gasteiger partial charge in [0.1, 0.15) is 5.75 Å². The monoisotopic (exact) mass is 339 g/mol. The molecule has 0 saturated heterocycles. The van der Waals surface area contributed by atoms with Gasteiger partial charge < -0.3 is 21.1 Å². The van der Waals surface area contributed by atoms with Gasteiger partial charge >= 0.3 is 0 Å². The van der Waals surface area contributed by atoms with E-state index in [1.807, 2.05) is 12.1 Å². The van der Waals surface area contributed by atoms with Crippen LogP contribution in [0.2, 0.25) is 0 Å². The number of benzene rings is 2. The van der Waals surface area contributed by atoms with Gasteiger partial charge in [-0.05, 0) is 73.5 Å². The Morgan fingerprint density at radius 2 is 2.00 bits per heavy atom. The molecule has 1 aliphatic carbocycles. The van der Waals surface area contributed by atoms with Gasteiger partial charge in [-0.3, -0.25) is 0 Å². The highest BCUT2D eigenvalue weighted by Crippen LogP contribution is 2.36. The Balaban J connectivity index is 1.62. The van der Waals surface area contributed by atoms with Gasteiger partial charge in [0.15, 0.2) is 0 Å². The van der Waals surface area contributed by atoms with Gasteiger partial charge in [-0.25, -0.2) is 0 Å². The summed E-state index contributed by atoms with van der Waals surface area (Å²) in [5.41, 5.74) is 17.1. The van der Waals surface area contributed by atoms with E-state index in [2.05, 4.69) is 36.2 Å². The van der Waals surface area contributed by atoms with E-state index in [4.69, 9.17) is 16.2 Å². The van der Waals surface area contributed by atoms with Crippen LogP contribution < -0.4 is 16.2 Å². The number of nitrogens with zero attached hydrogens (tertiary/aromatic N) is 1. The van der Waals surface area contributed by atoms with E-state index in [-0.39, 0.29) is 0 Å². The van der Waals surface area contributed by atoms with Crippen molar-refractivity contribution in [3.05, 3.63) is 53.1 Å². The van der Waals surface area contributed by atoms with Gasteiger partial charge in [0.25, 0.3) is 0 Å². The predicted octanol–water partition coefficient (Wildman–Crippen LogP) is 3.45. The quantitative estimate of drug-likeness (QED) is 0.791. The molecule has 0 aromatic heterocycles. The molecule has 0 spiro atoms. The molecule has 4 heteroatoms. The first-order chi connectivity index (χ1) is 12.1. The fourth-order valence-corrected chi connectivity index (χ4v) is 3.86. The third-order valence-electron chi connectivity index (χ3n) is 5.27. The molecule has 134 valence electrons. The molecule has 0 saturated carbocycles. The Bertz CT molecular complexity index is 729. The second-order valence-corrected chi connectivity index (χ2v) is 7.09. The van der Waals surface area contributed by atoms with E-state index in [1.54, 1.807) is 7.11 Å². The van der Waals surface area contributed by atoms with Crippen LogP contribution in [0.1, 0.15) is 35.4 Å². The third-order valence-corrected chi connectivity index (χ3v) is 5.27. The summed E-state index contributed by atoms with van der Waals surface area (Å²) in [5.74, 6) is 1.63. The molecule has 0 fully saturated rings. The van der Waals surface area contributed by atoms with Gasteiger partial charge in [-0.1, -0.05) is 18.2 Å². The largest absolute Gasteiger partial charge is 0.496 e. The van der Waals surface area contributed by atoms with Crippen LogP contribution in [0.25, 0.3) is 0 Å². The van der Waals surface area contributed by atoms with Crippen molar-refractivity contribution in [3.8, 4) is 5.75 Å². The molecule has 3 rings (SSSR count). The third kappa shape index (κ3) is 4.07. The van der Waals surface area contributed by atoms with Crippen molar-refractivity contribution in [1.29, 1.82) is 0 Å². The lowest BCUT2D eigenvalue weighted by atomic mass is 9.82. The average molecular weight is 339 g/mol. The molecule has 25 heavy (non-hydrogen) atoms. The van der Waals surface area contributed by atoms with Gasteiger partial charge in [0.2, 0.25) is 0 Å². The summed E-state index contributed by atoms with van der Waals surface area (Å²) < 4.78 is 5.56. The number of anilines is 2. The molecule has 2 aromatic carbocycles. The zero-order chi connectivity index (χ0) is 17.8. The van der Waals surface area contributed by atoms with Gasteiger partial charge in [0, 0.05) is 13.1 Å². The molecule has 0 heterocycles. The number of fused-ring (bicyclic) bond motifs is 1. The molecular formula is C21H29N3O. The fraction of sp³-hybridized carbons (Fsp3) is 0.429. The second kappa shape index (κ2) is 7.79. The molecule has 4 N–H and O–H groups in total. The van der Waals surface area contributed by atoms with E-state index in [1.165, 1.54) is 29.5 Å². The average Bonchev–Trinajstić information content (AvgIpc) is 2.62. The zero-order valence-corrected chi connectivity index (χ0v) is 15.3. The number of nitrogen functional groups attached to an aromatic ring is 2. The number of likely N-dealkylation sites (N-methyl/N-ethyl adjacent to an activating group) is 1. The molecule has 4 nitrogen and oxygen atoms in total. The highest BCUT2D eigenvalue weighted by atomic mass is 16.5. The smallest absolute Gasteiger partial charge is 0.122 e. The number of methoxy groups -OCH3 is 1. The number of rotatable bonds is 6. The lowest BCUT2D eigenvalue weighted by Gasteiger charge is -2.30. The minimum atomic E-state index is 0.584.